The van der Waals surface area contributed by atoms with Crippen LogP contribution in [0.1, 0.15) is 44.9 Å². The van der Waals surface area contributed by atoms with Gasteiger partial charge < -0.3 is 10.1 Å². The van der Waals surface area contributed by atoms with E-state index >= 15 is 0 Å². The van der Waals surface area contributed by atoms with Gasteiger partial charge in [-0.25, -0.2) is 0 Å². The molecule has 3 rings (SSSR count). The fraction of sp³-hybridized carbons (Fsp3) is 1.00. The first-order valence-electron chi connectivity index (χ1n) is 6.69. The largest absolute Gasteiger partial charge is 0.375 e. The monoisotopic (exact) mass is 209 g/mol. The molecule has 2 heteroatoms. The van der Waals surface area contributed by atoms with Crippen molar-refractivity contribution in [1.82, 2.24) is 5.32 Å². The minimum Gasteiger partial charge on any atom is -0.375 e. The van der Waals surface area contributed by atoms with Crippen LogP contribution < -0.4 is 5.32 Å². The summed E-state index contributed by atoms with van der Waals surface area (Å²) in [6.45, 7) is 0. The zero-order valence-electron chi connectivity index (χ0n) is 9.74. The maximum Gasteiger partial charge on any atom is 0.0623 e. The van der Waals surface area contributed by atoms with E-state index in [0.29, 0.717) is 12.2 Å². The quantitative estimate of drug-likeness (QED) is 0.767. The summed E-state index contributed by atoms with van der Waals surface area (Å²) in [5.74, 6) is 1.83. The molecule has 1 N–H and O–H groups in total. The van der Waals surface area contributed by atoms with Gasteiger partial charge in [0, 0.05) is 12.0 Å². The molecule has 2 nitrogen and oxygen atoms in total. The maximum atomic E-state index is 5.96. The second kappa shape index (κ2) is 4.06. The lowest BCUT2D eigenvalue weighted by Gasteiger charge is -2.34. The summed E-state index contributed by atoms with van der Waals surface area (Å²) in [5, 5.41) is 3.55. The van der Waals surface area contributed by atoms with Crippen molar-refractivity contribution in [2.45, 2.75) is 63.2 Å². The molecular formula is C13H23NO. The van der Waals surface area contributed by atoms with Crippen LogP contribution in [0.5, 0.6) is 0 Å². The number of nitrogens with one attached hydrogen (secondary N) is 1. The van der Waals surface area contributed by atoms with Gasteiger partial charge in [-0.3, -0.25) is 0 Å². The molecule has 1 saturated carbocycles. The van der Waals surface area contributed by atoms with Gasteiger partial charge in [0.25, 0.3) is 0 Å². The topological polar surface area (TPSA) is 21.3 Å². The highest BCUT2D eigenvalue weighted by molar-refractivity contribution is 4.95. The highest BCUT2D eigenvalue weighted by Gasteiger charge is 2.44. The van der Waals surface area contributed by atoms with E-state index < -0.39 is 0 Å². The van der Waals surface area contributed by atoms with Crippen LogP contribution in [-0.4, -0.2) is 25.3 Å². The molecule has 4 atom stereocenters. The third kappa shape index (κ3) is 1.83. The van der Waals surface area contributed by atoms with Crippen LogP contribution in [-0.2, 0) is 4.74 Å². The third-order valence-corrected chi connectivity index (χ3v) is 4.85. The SMILES string of the molecule is CNC(CC1CCC1)C1CC2CCC1O2. The summed E-state index contributed by atoms with van der Waals surface area (Å²) >= 11 is 0. The Morgan fingerprint density at radius 2 is 2.13 bits per heavy atom. The molecule has 86 valence electrons. The van der Waals surface area contributed by atoms with Crippen molar-refractivity contribution in [1.29, 1.82) is 0 Å². The molecule has 3 aliphatic rings. The minimum absolute atomic E-state index is 0.590. The lowest BCUT2D eigenvalue weighted by Crippen LogP contribution is -2.41. The molecular weight excluding hydrogens is 186 g/mol. The van der Waals surface area contributed by atoms with Crippen LogP contribution in [0, 0.1) is 11.8 Å². The number of fused-ring (bicyclic) bond motifs is 2. The summed E-state index contributed by atoms with van der Waals surface area (Å²) in [6.07, 6.45) is 11.0. The predicted molar refractivity (Wildman–Crippen MR) is 60.8 cm³/mol. The molecule has 4 unspecified atom stereocenters. The van der Waals surface area contributed by atoms with Crippen molar-refractivity contribution in [3.8, 4) is 0 Å². The van der Waals surface area contributed by atoms with E-state index in [0.717, 1.165) is 17.9 Å². The van der Waals surface area contributed by atoms with Crippen molar-refractivity contribution in [2.75, 3.05) is 7.05 Å². The van der Waals surface area contributed by atoms with Gasteiger partial charge in [-0.1, -0.05) is 19.3 Å². The molecule has 0 spiro atoms. The summed E-state index contributed by atoms with van der Waals surface area (Å²) in [4.78, 5) is 0. The van der Waals surface area contributed by atoms with Crippen LogP contribution >= 0.6 is 0 Å². The van der Waals surface area contributed by atoms with Crippen LogP contribution in [0.15, 0.2) is 0 Å². The Bertz CT molecular complexity index is 227. The molecule has 1 aliphatic carbocycles. The minimum atomic E-state index is 0.590. The van der Waals surface area contributed by atoms with Crippen molar-refractivity contribution in [2.24, 2.45) is 11.8 Å². The van der Waals surface area contributed by atoms with Gasteiger partial charge in [0.15, 0.2) is 0 Å². The van der Waals surface area contributed by atoms with Crippen molar-refractivity contribution >= 4 is 0 Å². The van der Waals surface area contributed by atoms with Crippen LogP contribution in [0.25, 0.3) is 0 Å². The number of hydrogen-bond acceptors (Lipinski definition) is 2. The molecule has 0 aromatic heterocycles. The zero-order valence-corrected chi connectivity index (χ0v) is 9.74. The second-order valence-corrected chi connectivity index (χ2v) is 5.70. The molecule has 15 heavy (non-hydrogen) atoms. The van der Waals surface area contributed by atoms with E-state index in [1.807, 2.05) is 0 Å². The summed E-state index contributed by atoms with van der Waals surface area (Å²) in [7, 11) is 2.13. The first-order chi connectivity index (χ1) is 7.36. The zero-order chi connectivity index (χ0) is 10.3. The average molecular weight is 209 g/mol. The highest BCUT2D eigenvalue weighted by Crippen LogP contribution is 2.43. The first-order valence-corrected chi connectivity index (χ1v) is 6.69. The van der Waals surface area contributed by atoms with Gasteiger partial charge in [0.2, 0.25) is 0 Å². The van der Waals surface area contributed by atoms with E-state index in [1.165, 1.54) is 44.9 Å². The van der Waals surface area contributed by atoms with Crippen LogP contribution in [0.2, 0.25) is 0 Å². The smallest absolute Gasteiger partial charge is 0.0623 e. The molecule has 2 heterocycles. The molecule has 0 aromatic carbocycles. The Labute approximate surface area is 92.8 Å². The van der Waals surface area contributed by atoms with Gasteiger partial charge in [-0.05, 0) is 38.6 Å². The third-order valence-electron chi connectivity index (χ3n) is 4.85. The van der Waals surface area contributed by atoms with E-state index in [4.69, 9.17) is 4.74 Å². The normalized spacial score (nSPS) is 41.8. The predicted octanol–water partition coefficient (Wildman–Crippen LogP) is 2.33. The van der Waals surface area contributed by atoms with Gasteiger partial charge in [-0.15, -0.1) is 0 Å². The summed E-state index contributed by atoms with van der Waals surface area (Å²) < 4.78 is 5.96. The van der Waals surface area contributed by atoms with E-state index in [2.05, 4.69) is 12.4 Å². The number of rotatable bonds is 4. The fourth-order valence-electron chi connectivity index (χ4n) is 3.69. The van der Waals surface area contributed by atoms with E-state index in [1.54, 1.807) is 0 Å². The molecule has 0 radical (unpaired) electrons. The lowest BCUT2D eigenvalue weighted by molar-refractivity contribution is 0.0820. The Kier molecular flexibility index (Phi) is 2.73. The Morgan fingerprint density at radius 3 is 2.60 bits per heavy atom. The second-order valence-electron chi connectivity index (χ2n) is 5.70. The van der Waals surface area contributed by atoms with Crippen molar-refractivity contribution < 1.29 is 4.74 Å². The van der Waals surface area contributed by atoms with Gasteiger partial charge in [0.05, 0.1) is 12.2 Å². The molecule has 2 aliphatic heterocycles. The van der Waals surface area contributed by atoms with E-state index in [9.17, 15) is 0 Å². The van der Waals surface area contributed by atoms with Gasteiger partial charge in [-0.2, -0.15) is 0 Å². The van der Waals surface area contributed by atoms with Gasteiger partial charge >= 0.3 is 0 Å². The Balaban J connectivity index is 1.58. The molecule has 0 aromatic rings. The Hall–Kier alpha value is -0.0800. The first kappa shape index (κ1) is 10.1. The standard InChI is InChI=1S/C13H23NO/c1-14-12(7-9-3-2-4-9)11-8-10-5-6-13(11)15-10/h9-14H,2-8H2,1H3. The summed E-state index contributed by atoms with van der Waals surface area (Å²) in [6, 6.07) is 0.727. The average Bonchev–Trinajstić information content (AvgIpc) is 2.77. The highest BCUT2D eigenvalue weighted by atomic mass is 16.5. The van der Waals surface area contributed by atoms with Gasteiger partial charge in [0.1, 0.15) is 0 Å². The van der Waals surface area contributed by atoms with Crippen molar-refractivity contribution in [3.63, 3.8) is 0 Å². The van der Waals surface area contributed by atoms with Crippen LogP contribution in [0.4, 0.5) is 0 Å². The van der Waals surface area contributed by atoms with Crippen molar-refractivity contribution in [3.05, 3.63) is 0 Å². The number of hydrogen-bond donors (Lipinski definition) is 1. The fourth-order valence-corrected chi connectivity index (χ4v) is 3.69. The molecule has 2 saturated heterocycles. The molecule has 2 bridgehead atoms. The van der Waals surface area contributed by atoms with Crippen LogP contribution in [0.3, 0.4) is 0 Å². The maximum absolute atomic E-state index is 5.96. The molecule has 0 amide bonds. The van der Waals surface area contributed by atoms with E-state index in [-0.39, 0.29) is 0 Å². The molecule has 3 fully saturated rings. The number of ether oxygens (including phenoxy) is 1. The Morgan fingerprint density at radius 1 is 1.27 bits per heavy atom. The lowest BCUT2D eigenvalue weighted by atomic mass is 9.75. The summed E-state index contributed by atoms with van der Waals surface area (Å²) in [5.41, 5.74) is 0.